The minimum Gasteiger partial charge on any atom is -0.366 e. The molecule has 1 N–H and O–H groups in total. The quantitative estimate of drug-likeness (QED) is 0.467. The highest BCUT2D eigenvalue weighted by Crippen LogP contribution is 2.25. The third-order valence-corrected chi connectivity index (χ3v) is 4.79. The van der Waals surface area contributed by atoms with Crippen molar-refractivity contribution in [3.63, 3.8) is 0 Å². The number of hydrogen-bond donors (Lipinski definition) is 1. The molecule has 144 valence electrons. The Morgan fingerprint density at radius 2 is 1.66 bits per heavy atom. The van der Waals surface area contributed by atoms with Crippen molar-refractivity contribution in [3.05, 3.63) is 107 Å². The summed E-state index contributed by atoms with van der Waals surface area (Å²) >= 11 is 6.22. The summed E-state index contributed by atoms with van der Waals surface area (Å²) in [5, 5.41) is 8.09. The molecule has 0 unspecified atom stereocenters. The van der Waals surface area contributed by atoms with E-state index in [1.807, 2.05) is 36.4 Å². The highest BCUT2D eigenvalue weighted by molar-refractivity contribution is 6.34. The molecule has 6 heteroatoms. The third-order valence-electron chi connectivity index (χ3n) is 4.46. The molecule has 0 saturated heterocycles. The van der Waals surface area contributed by atoms with Gasteiger partial charge >= 0.3 is 0 Å². The molecular formula is C23H17ClFN3O. The van der Waals surface area contributed by atoms with Crippen LogP contribution in [-0.2, 0) is 6.54 Å². The zero-order valence-electron chi connectivity index (χ0n) is 15.3. The fourth-order valence-corrected chi connectivity index (χ4v) is 3.17. The molecule has 0 aliphatic rings. The first-order valence-corrected chi connectivity index (χ1v) is 9.42. The average Bonchev–Trinajstić information content (AvgIpc) is 3.18. The molecule has 0 amide bonds. The topological polar surface area (TPSA) is 46.9 Å². The third kappa shape index (κ3) is 4.20. The lowest BCUT2D eigenvalue weighted by atomic mass is 10.1. The van der Waals surface area contributed by atoms with Gasteiger partial charge in [0.1, 0.15) is 11.6 Å². The summed E-state index contributed by atoms with van der Waals surface area (Å²) < 4.78 is 14.5. The summed E-state index contributed by atoms with van der Waals surface area (Å²) in [7, 11) is 0. The van der Waals surface area contributed by atoms with E-state index >= 15 is 0 Å². The lowest BCUT2D eigenvalue weighted by molar-refractivity contribution is 0.0948. The molecule has 0 aliphatic heterocycles. The first-order chi connectivity index (χ1) is 14.1. The number of anilines is 1. The van der Waals surface area contributed by atoms with Crippen LogP contribution in [-0.4, -0.2) is 15.7 Å². The van der Waals surface area contributed by atoms with Crippen molar-refractivity contribution in [2.45, 2.75) is 6.54 Å². The van der Waals surface area contributed by atoms with E-state index in [9.17, 15) is 9.18 Å². The molecule has 4 rings (SSSR count). The Bertz CT molecular complexity index is 1140. The van der Waals surface area contributed by atoms with Crippen LogP contribution in [0.5, 0.6) is 0 Å². The minimum atomic E-state index is -0.334. The van der Waals surface area contributed by atoms with E-state index in [4.69, 9.17) is 11.6 Å². The van der Waals surface area contributed by atoms with Gasteiger partial charge in [-0.15, -0.1) is 0 Å². The van der Waals surface area contributed by atoms with Gasteiger partial charge < -0.3 is 5.32 Å². The van der Waals surface area contributed by atoms with Crippen LogP contribution in [0.4, 0.5) is 10.2 Å². The van der Waals surface area contributed by atoms with Gasteiger partial charge in [0.25, 0.3) is 5.91 Å². The van der Waals surface area contributed by atoms with Gasteiger partial charge in [-0.05, 0) is 29.8 Å². The Morgan fingerprint density at radius 3 is 2.38 bits per heavy atom. The van der Waals surface area contributed by atoms with Crippen LogP contribution in [0.3, 0.4) is 0 Å². The summed E-state index contributed by atoms with van der Waals surface area (Å²) in [5.41, 5.74) is 2.79. The molecule has 0 spiro atoms. The van der Waals surface area contributed by atoms with Gasteiger partial charge in [-0.25, -0.2) is 4.39 Å². The standard InChI is InChI=1S/C23H17ClFN3O/c24-20-9-5-4-8-19(20)23(29)28-22(26-15-16-10-12-18(25)13-11-16)14-21(27-28)17-6-2-1-3-7-17/h1-14,26H,15H2. The maximum Gasteiger partial charge on any atom is 0.281 e. The Balaban J connectivity index is 1.70. The van der Waals surface area contributed by atoms with Crippen LogP contribution in [0.1, 0.15) is 15.9 Å². The van der Waals surface area contributed by atoms with E-state index in [1.54, 1.807) is 36.4 Å². The number of benzene rings is 3. The Hall–Kier alpha value is -3.44. The lowest BCUT2D eigenvalue weighted by Crippen LogP contribution is -2.17. The van der Waals surface area contributed by atoms with E-state index in [-0.39, 0.29) is 11.7 Å². The summed E-state index contributed by atoms with van der Waals surface area (Å²) in [6.45, 7) is 0.413. The zero-order chi connectivity index (χ0) is 20.2. The average molecular weight is 406 g/mol. The summed E-state index contributed by atoms with van der Waals surface area (Å²) in [6, 6.07) is 24.5. The predicted molar refractivity (Wildman–Crippen MR) is 113 cm³/mol. The van der Waals surface area contributed by atoms with Crippen molar-refractivity contribution in [2.24, 2.45) is 0 Å². The molecule has 29 heavy (non-hydrogen) atoms. The van der Waals surface area contributed by atoms with Crippen LogP contribution in [0, 0.1) is 5.82 Å². The number of carbonyl (C=O) groups is 1. The molecule has 1 heterocycles. The van der Waals surface area contributed by atoms with Crippen molar-refractivity contribution in [2.75, 3.05) is 5.32 Å². The largest absolute Gasteiger partial charge is 0.366 e. The van der Waals surface area contributed by atoms with E-state index in [1.165, 1.54) is 16.8 Å². The molecule has 4 nitrogen and oxygen atoms in total. The maximum atomic E-state index is 13.1. The predicted octanol–water partition coefficient (Wildman–Crippen LogP) is 5.64. The molecule has 4 aromatic rings. The lowest BCUT2D eigenvalue weighted by Gasteiger charge is -2.09. The number of hydrogen-bond acceptors (Lipinski definition) is 3. The monoisotopic (exact) mass is 405 g/mol. The van der Waals surface area contributed by atoms with Gasteiger partial charge in [0.2, 0.25) is 0 Å². The molecular weight excluding hydrogens is 389 g/mol. The highest BCUT2D eigenvalue weighted by atomic mass is 35.5. The summed E-state index contributed by atoms with van der Waals surface area (Å²) in [5.74, 6) is -0.100. The van der Waals surface area contributed by atoms with Crippen LogP contribution in [0.25, 0.3) is 11.3 Å². The highest BCUT2D eigenvalue weighted by Gasteiger charge is 2.19. The van der Waals surface area contributed by atoms with Gasteiger partial charge in [0.15, 0.2) is 0 Å². The molecule has 0 saturated carbocycles. The molecule has 1 aromatic heterocycles. The number of halogens is 2. The first kappa shape index (κ1) is 18.9. The second kappa shape index (κ2) is 8.29. The fourth-order valence-electron chi connectivity index (χ4n) is 2.96. The van der Waals surface area contributed by atoms with Gasteiger partial charge in [-0.1, -0.05) is 66.2 Å². The second-order valence-corrected chi connectivity index (χ2v) is 6.86. The van der Waals surface area contributed by atoms with Crippen LogP contribution in [0.15, 0.2) is 84.9 Å². The van der Waals surface area contributed by atoms with E-state index in [0.29, 0.717) is 28.6 Å². The van der Waals surface area contributed by atoms with Crippen molar-refractivity contribution >= 4 is 23.3 Å². The second-order valence-electron chi connectivity index (χ2n) is 6.46. The Morgan fingerprint density at radius 1 is 0.966 bits per heavy atom. The van der Waals surface area contributed by atoms with Crippen molar-refractivity contribution < 1.29 is 9.18 Å². The van der Waals surface area contributed by atoms with Crippen LogP contribution in [0.2, 0.25) is 5.02 Å². The van der Waals surface area contributed by atoms with Gasteiger partial charge in [-0.3, -0.25) is 4.79 Å². The number of rotatable bonds is 5. The Labute approximate surface area is 172 Å². The fraction of sp³-hybridized carbons (Fsp3) is 0.0435. The Kier molecular flexibility index (Phi) is 5.40. The summed E-state index contributed by atoms with van der Waals surface area (Å²) in [4.78, 5) is 13.1. The molecule has 0 atom stereocenters. The molecule has 0 fully saturated rings. The summed E-state index contributed by atoms with van der Waals surface area (Å²) in [6.07, 6.45) is 0. The normalized spacial score (nSPS) is 10.7. The number of nitrogens with zero attached hydrogens (tertiary/aromatic N) is 2. The number of aromatic nitrogens is 2. The van der Waals surface area contributed by atoms with Crippen molar-refractivity contribution in [1.29, 1.82) is 0 Å². The smallest absolute Gasteiger partial charge is 0.281 e. The maximum absolute atomic E-state index is 13.1. The van der Waals surface area contributed by atoms with E-state index < -0.39 is 0 Å². The molecule has 3 aromatic carbocycles. The van der Waals surface area contributed by atoms with E-state index in [2.05, 4.69) is 10.4 Å². The van der Waals surface area contributed by atoms with Crippen molar-refractivity contribution in [3.8, 4) is 11.3 Å². The van der Waals surface area contributed by atoms with Gasteiger partial charge in [0.05, 0.1) is 16.3 Å². The van der Waals surface area contributed by atoms with Gasteiger partial charge in [-0.2, -0.15) is 9.78 Å². The molecule has 0 aliphatic carbocycles. The van der Waals surface area contributed by atoms with Gasteiger partial charge in [0, 0.05) is 18.2 Å². The molecule has 0 radical (unpaired) electrons. The molecule has 0 bridgehead atoms. The van der Waals surface area contributed by atoms with Crippen molar-refractivity contribution in [1.82, 2.24) is 9.78 Å². The zero-order valence-corrected chi connectivity index (χ0v) is 16.1. The van der Waals surface area contributed by atoms with E-state index in [0.717, 1.165) is 11.1 Å². The minimum absolute atomic E-state index is 0.293. The number of nitrogens with one attached hydrogen (secondary N) is 1. The van der Waals surface area contributed by atoms with Crippen LogP contribution < -0.4 is 5.32 Å². The number of carbonyl (C=O) groups excluding carboxylic acids is 1. The first-order valence-electron chi connectivity index (χ1n) is 9.05. The SMILES string of the molecule is O=C(c1ccccc1Cl)n1nc(-c2ccccc2)cc1NCc1ccc(F)cc1. The van der Waals surface area contributed by atoms with Crippen LogP contribution >= 0.6 is 11.6 Å².